The monoisotopic (exact) mass is 416 g/mol. The SMILES string of the molecule is CC(Cl)c1nc2cc(I)ccc2n1CCCC1CCCC1. The number of hydrogen-bond donors (Lipinski definition) is 0. The molecule has 0 N–H and O–H groups in total. The fourth-order valence-corrected chi connectivity index (χ4v) is 4.14. The van der Waals surface area contributed by atoms with Gasteiger partial charge in [0.05, 0.1) is 16.4 Å². The fraction of sp³-hybridized carbons (Fsp3) is 0.588. The summed E-state index contributed by atoms with van der Waals surface area (Å²) in [4.78, 5) is 4.75. The Bertz CT molecular complexity index is 615. The number of fused-ring (bicyclic) bond motifs is 1. The molecule has 1 aliphatic carbocycles. The second-order valence-electron chi connectivity index (χ2n) is 6.16. The number of benzene rings is 1. The largest absolute Gasteiger partial charge is 0.327 e. The zero-order valence-corrected chi connectivity index (χ0v) is 15.4. The third-order valence-electron chi connectivity index (χ3n) is 4.56. The lowest BCUT2D eigenvalue weighted by atomic mass is 10.0. The van der Waals surface area contributed by atoms with E-state index in [1.165, 1.54) is 47.6 Å². The second kappa shape index (κ2) is 6.86. The summed E-state index contributed by atoms with van der Waals surface area (Å²) in [5.41, 5.74) is 2.30. The molecule has 2 nitrogen and oxygen atoms in total. The number of alkyl halides is 1. The molecule has 1 aromatic heterocycles. The summed E-state index contributed by atoms with van der Waals surface area (Å²) in [7, 11) is 0. The van der Waals surface area contributed by atoms with Gasteiger partial charge < -0.3 is 4.57 Å². The van der Waals surface area contributed by atoms with Gasteiger partial charge >= 0.3 is 0 Å². The average molecular weight is 417 g/mol. The number of imidazole rings is 1. The van der Waals surface area contributed by atoms with Crippen molar-refractivity contribution in [2.24, 2.45) is 5.92 Å². The Hall–Kier alpha value is -0.290. The summed E-state index contributed by atoms with van der Waals surface area (Å²) < 4.78 is 3.56. The Labute approximate surface area is 145 Å². The maximum absolute atomic E-state index is 6.34. The predicted octanol–water partition coefficient (Wildman–Crippen LogP) is 5.91. The summed E-state index contributed by atoms with van der Waals surface area (Å²) >= 11 is 8.68. The van der Waals surface area contributed by atoms with Crippen molar-refractivity contribution in [1.82, 2.24) is 9.55 Å². The first-order valence-corrected chi connectivity index (χ1v) is 9.46. The van der Waals surface area contributed by atoms with E-state index in [-0.39, 0.29) is 5.38 Å². The van der Waals surface area contributed by atoms with Gasteiger partial charge in [-0.15, -0.1) is 11.6 Å². The van der Waals surface area contributed by atoms with Gasteiger partial charge in [0, 0.05) is 10.1 Å². The van der Waals surface area contributed by atoms with Crippen LogP contribution in [-0.2, 0) is 6.54 Å². The number of nitrogens with zero attached hydrogens (tertiary/aromatic N) is 2. The maximum atomic E-state index is 6.34. The summed E-state index contributed by atoms with van der Waals surface area (Å²) in [5, 5.41) is -0.0402. The minimum absolute atomic E-state index is 0.0402. The van der Waals surface area contributed by atoms with E-state index >= 15 is 0 Å². The van der Waals surface area contributed by atoms with Crippen LogP contribution >= 0.6 is 34.2 Å². The molecular weight excluding hydrogens is 395 g/mol. The molecule has 1 saturated carbocycles. The Balaban J connectivity index is 1.79. The molecule has 1 fully saturated rings. The molecule has 21 heavy (non-hydrogen) atoms. The van der Waals surface area contributed by atoms with E-state index in [4.69, 9.17) is 16.6 Å². The van der Waals surface area contributed by atoms with Crippen molar-refractivity contribution in [2.75, 3.05) is 0 Å². The Morgan fingerprint density at radius 2 is 2.14 bits per heavy atom. The Kier molecular flexibility index (Phi) is 5.10. The van der Waals surface area contributed by atoms with Gasteiger partial charge in [-0.2, -0.15) is 0 Å². The molecule has 1 heterocycles. The second-order valence-corrected chi connectivity index (χ2v) is 8.06. The van der Waals surface area contributed by atoms with Gasteiger partial charge in [-0.3, -0.25) is 0 Å². The minimum atomic E-state index is -0.0402. The standard InChI is InChI=1S/C17H22ClIN2/c1-12(18)17-20-15-11-14(19)8-9-16(15)21(17)10-4-7-13-5-2-3-6-13/h8-9,11-13H,2-7,10H2,1H3. The Morgan fingerprint density at radius 3 is 2.86 bits per heavy atom. The third kappa shape index (κ3) is 3.55. The zero-order chi connectivity index (χ0) is 14.8. The molecule has 0 saturated heterocycles. The number of hydrogen-bond acceptors (Lipinski definition) is 1. The molecule has 2 aromatic rings. The average Bonchev–Trinajstić information content (AvgIpc) is 3.06. The summed E-state index contributed by atoms with van der Waals surface area (Å²) in [6.45, 7) is 3.06. The van der Waals surface area contributed by atoms with Crippen LogP contribution in [0.3, 0.4) is 0 Å². The van der Waals surface area contributed by atoms with Gasteiger partial charge in [0.15, 0.2) is 0 Å². The van der Waals surface area contributed by atoms with Gasteiger partial charge in [-0.05, 0) is 66.5 Å². The van der Waals surface area contributed by atoms with Crippen LogP contribution in [0.4, 0.5) is 0 Å². The number of aryl methyl sites for hydroxylation is 1. The smallest absolute Gasteiger partial charge is 0.127 e. The van der Waals surface area contributed by atoms with E-state index in [1.54, 1.807) is 0 Å². The van der Waals surface area contributed by atoms with Crippen molar-refractivity contribution in [2.45, 2.75) is 57.4 Å². The molecule has 0 amide bonds. The Morgan fingerprint density at radius 1 is 1.38 bits per heavy atom. The molecule has 114 valence electrons. The molecule has 0 spiro atoms. The van der Waals surface area contributed by atoms with E-state index in [0.29, 0.717) is 0 Å². The number of rotatable bonds is 5. The lowest BCUT2D eigenvalue weighted by Crippen LogP contribution is -2.06. The van der Waals surface area contributed by atoms with Gasteiger partial charge in [0.25, 0.3) is 0 Å². The van der Waals surface area contributed by atoms with Gasteiger partial charge in [0.1, 0.15) is 5.82 Å². The zero-order valence-electron chi connectivity index (χ0n) is 12.5. The van der Waals surface area contributed by atoms with Gasteiger partial charge in [0.2, 0.25) is 0 Å². The summed E-state index contributed by atoms with van der Waals surface area (Å²) in [5.74, 6) is 1.97. The first kappa shape index (κ1) is 15.6. The molecule has 4 heteroatoms. The highest BCUT2D eigenvalue weighted by molar-refractivity contribution is 14.1. The molecule has 1 aliphatic rings. The normalized spacial score (nSPS) is 17.7. The molecule has 0 radical (unpaired) electrons. The highest BCUT2D eigenvalue weighted by Crippen LogP contribution is 2.30. The van der Waals surface area contributed by atoms with Crippen LogP contribution in [0.25, 0.3) is 11.0 Å². The van der Waals surface area contributed by atoms with E-state index < -0.39 is 0 Å². The van der Waals surface area contributed by atoms with Crippen molar-refractivity contribution in [3.8, 4) is 0 Å². The van der Waals surface area contributed by atoms with E-state index in [1.807, 2.05) is 6.92 Å². The quantitative estimate of drug-likeness (QED) is 0.437. The van der Waals surface area contributed by atoms with Crippen molar-refractivity contribution in [1.29, 1.82) is 0 Å². The molecule has 1 unspecified atom stereocenters. The predicted molar refractivity (Wildman–Crippen MR) is 97.9 cm³/mol. The highest BCUT2D eigenvalue weighted by Gasteiger charge is 2.17. The van der Waals surface area contributed by atoms with Crippen molar-refractivity contribution in [3.05, 3.63) is 27.6 Å². The minimum Gasteiger partial charge on any atom is -0.327 e. The van der Waals surface area contributed by atoms with Crippen molar-refractivity contribution in [3.63, 3.8) is 0 Å². The van der Waals surface area contributed by atoms with Crippen LogP contribution in [0.15, 0.2) is 18.2 Å². The van der Waals surface area contributed by atoms with Gasteiger partial charge in [-0.1, -0.05) is 25.7 Å². The molecule has 1 atom stereocenters. The summed E-state index contributed by atoms with van der Waals surface area (Å²) in [6.07, 6.45) is 8.31. The van der Waals surface area contributed by atoms with Crippen LogP contribution in [0.1, 0.15) is 56.7 Å². The van der Waals surface area contributed by atoms with Crippen molar-refractivity contribution >= 4 is 45.2 Å². The lowest BCUT2D eigenvalue weighted by molar-refractivity contribution is 0.457. The topological polar surface area (TPSA) is 17.8 Å². The van der Waals surface area contributed by atoms with Crippen LogP contribution < -0.4 is 0 Å². The molecule has 0 bridgehead atoms. The van der Waals surface area contributed by atoms with E-state index in [2.05, 4.69) is 45.4 Å². The van der Waals surface area contributed by atoms with Crippen molar-refractivity contribution < 1.29 is 0 Å². The third-order valence-corrected chi connectivity index (χ3v) is 5.43. The highest BCUT2D eigenvalue weighted by atomic mass is 127. The molecule has 0 aliphatic heterocycles. The number of halogens is 2. The van der Waals surface area contributed by atoms with E-state index in [9.17, 15) is 0 Å². The molecule has 1 aromatic carbocycles. The molecule has 3 rings (SSSR count). The maximum Gasteiger partial charge on any atom is 0.127 e. The number of aromatic nitrogens is 2. The van der Waals surface area contributed by atoms with Crippen LogP contribution in [-0.4, -0.2) is 9.55 Å². The fourth-order valence-electron chi connectivity index (χ4n) is 3.50. The van der Waals surface area contributed by atoms with E-state index in [0.717, 1.165) is 23.8 Å². The first-order valence-electron chi connectivity index (χ1n) is 7.95. The molecular formula is C17H22ClIN2. The van der Waals surface area contributed by atoms with Crippen LogP contribution in [0.2, 0.25) is 0 Å². The van der Waals surface area contributed by atoms with Gasteiger partial charge in [-0.25, -0.2) is 4.98 Å². The van der Waals surface area contributed by atoms with Crippen LogP contribution in [0, 0.1) is 9.49 Å². The lowest BCUT2D eigenvalue weighted by Gasteiger charge is -2.13. The van der Waals surface area contributed by atoms with Crippen LogP contribution in [0.5, 0.6) is 0 Å². The summed E-state index contributed by atoms with van der Waals surface area (Å²) in [6, 6.07) is 6.48. The first-order chi connectivity index (χ1) is 10.1.